The number of nitrogens with one attached hydrogen (secondary N) is 1. The molecule has 0 spiro atoms. The Kier molecular flexibility index (Phi) is 5.64. The maximum atomic E-state index is 5.88. The summed E-state index contributed by atoms with van der Waals surface area (Å²) in [6, 6.07) is 16.7. The van der Waals surface area contributed by atoms with E-state index in [1.807, 2.05) is 44.0 Å². The summed E-state index contributed by atoms with van der Waals surface area (Å²) in [6.07, 6.45) is 3.69. The molecular formula is C25H26N6S2. The van der Waals surface area contributed by atoms with E-state index in [0.29, 0.717) is 5.11 Å². The average molecular weight is 475 g/mol. The third-order valence-corrected chi connectivity index (χ3v) is 7.21. The lowest BCUT2D eigenvalue weighted by Crippen LogP contribution is -2.29. The van der Waals surface area contributed by atoms with E-state index in [9.17, 15) is 0 Å². The van der Waals surface area contributed by atoms with E-state index < -0.39 is 0 Å². The Hall–Kier alpha value is -3.23. The maximum Gasteiger partial charge on any atom is 0.193 e. The van der Waals surface area contributed by atoms with Crippen LogP contribution in [0.15, 0.2) is 66.3 Å². The van der Waals surface area contributed by atoms with Crippen LogP contribution in [-0.4, -0.2) is 33.7 Å². The van der Waals surface area contributed by atoms with Crippen molar-refractivity contribution in [2.75, 3.05) is 23.9 Å². The number of thiazole rings is 1. The molecule has 1 fully saturated rings. The van der Waals surface area contributed by atoms with Crippen molar-refractivity contribution in [1.29, 1.82) is 0 Å². The molecule has 0 radical (unpaired) electrons. The van der Waals surface area contributed by atoms with E-state index in [-0.39, 0.29) is 12.1 Å². The minimum absolute atomic E-state index is 0.0440. The molecule has 33 heavy (non-hydrogen) atoms. The summed E-state index contributed by atoms with van der Waals surface area (Å²) in [7, 11) is 4.09. The van der Waals surface area contributed by atoms with Crippen LogP contribution in [0.3, 0.4) is 0 Å². The zero-order valence-electron chi connectivity index (χ0n) is 19.1. The van der Waals surface area contributed by atoms with Crippen LogP contribution in [-0.2, 0) is 0 Å². The van der Waals surface area contributed by atoms with E-state index in [4.69, 9.17) is 12.2 Å². The van der Waals surface area contributed by atoms with Gasteiger partial charge in [0.25, 0.3) is 0 Å². The van der Waals surface area contributed by atoms with Gasteiger partial charge in [0, 0.05) is 54.6 Å². The minimum Gasteiger partial charge on any atom is -0.378 e. The molecule has 8 heteroatoms. The third-order valence-electron chi connectivity index (χ3n) is 6.14. The second kappa shape index (κ2) is 8.61. The Bertz CT molecular complexity index is 1260. The molecule has 0 unspecified atom stereocenters. The van der Waals surface area contributed by atoms with Crippen LogP contribution >= 0.6 is 23.6 Å². The first-order valence-electron chi connectivity index (χ1n) is 10.8. The summed E-state index contributed by atoms with van der Waals surface area (Å²) >= 11 is 7.52. The van der Waals surface area contributed by atoms with Gasteiger partial charge in [0.1, 0.15) is 0 Å². The molecular weight excluding hydrogens is 448 g/mol. The van der Waals surface area contributed by atoms with Gasteiger partial charge in [-0.05, 0) is 74.1 Å². The molecule has 0 saturated carbocycles. The molecule has 168 valence electrons. The number of anilines is 2. The van der Waals surface area contributed by atoms with Gasteiger partial charge in [0.2, 0.25) is 0 Å². The molecule has 2 atom stereocenters. The highest BCUT2D eigenvalue weighted by molar-refractivity contribution is 7.80. The summed E-state index contributed by atoms with van der Waals surface area (Å²) in [6.45, 7) is 4.29. The maximum absolute atomic E-state index is 5.88. The fourth-order valence-electron chi connectivity index (χ4n) is 4.57. The van der Waals surface area contributed by atoms with E-state index >= 15 is 0 Å². The van der Waals surface area contributed by atoms with Gasteiger partial charge in [0.15, 0.2) is 10.2 Å². The van der Waals surface area contributed by atoms with Crippen molar-refractivity contribution < 1.29 is 0 Å². The van der Waals surface area contributed by atoms with Crippen molar-refractivity contribution in [2.45, 2.75) is 25.9 Å². The molecule has 6 nitrogen and oxygen atoms in total. The predicted octanol–water partition coefficient (Wildman–Crippen LogP) is 5.19. The summed E-state index contributed by atoms with van der Waals surface area (Å²) in [5.41, 5.74) is 6.70. The SMILES string of the molecule is Cc1cc([C@H]2[C@@H](c3ccccn3)NC(=S)N2c2ccc(N(C)C)cc2)c(C)n1-c1nccs1. The standard InChI is InChI=1S/C25H26N6S2/c1-16-15-20(17(2)30(16)25-27-13-14-33-25)23-22(21-7-5-6-12-26-21)28-24(32)31(23)19-10-8-18(9-11-19)29(3)4/h5-15,22-23H,1-4H3,(H,28,32)/t22-,23+/m1/s1. The summed E-state index contributed by atoms with van der Waals surface area (Å²) < 4.78 is 2.23. The van der Waals surface area contributed by atoms with Crippen LogP contribution < -0.4 is 15.1 Å². The number of hydrogen-bond donors (Lipinski definition) is 1. The van der Waals surface area contributed by atoms with Crippen LogP contribution in [0.5, 0.6) is 0 Å². The van der Waals surface area contributed by atoms with Gasteiger partial charge in [-0.2, -0.15) is 0 Å². The molecule has 5 rings (SSSR count). The van der Waals surface area contributed by atoms with Crippen molar-refractivity contribution in [3.05, 3.63) is 88.9 Å². The molecule has 0 amide bonds. The molecule has 1 saturated heterocycles. The normalized spacial score (nSPS) is 17.9. The zero-order valence-corrected chi connectivity index (χ0v) is 20.7. The molecule has 1 aromatic carbocycles. The van der Waals surface area contributed by atoms with Crippen LogP contribution in [0.1, 0.15) is 34.7 Å². The van der Waals surface area contributed by atoms with E-state index in [0.717, 1.165) is 33.6 Å². The number of thiocarbonyl (C=S) groups is 1. The number of aromatic nitrogens is 3. The van der Waals surface area contributed by atoms with E-state index in [2.05, 4.69) is 79.9 Å². The number of pyridine rings is 1. The highest BCUT2D eigenvalue weighted by atomic mass is 32.1. The van der Waals surface area contributed by atoms with Crippen molar-refractivity contribution >= 4 is 40.0 Å². The molecule has 1 aliphatic heterocycles. The summed E-state index contributed by atoms with van der Waals surface area (Å²) in [5.74, 6) is 0. The zero-order chi connectivity index (χ0) is 23.1. The van der Waals surface area contributed by atoms with E-state index in [1.54, 1.807) is 11.3 Å². The fraction of sp³-hybridized carbons (Fsp3) is 0.240. The number of hydrogen-bond acceptors (Lipinski definition) is 5. The second-order valence-corrected chi connectivity index (χ2v) is 9.64. The lowest BCUT2D eigenvalue weighted by atomic mass is 9.96. The fourth-order valence-corrected chi connectivity index (χ4v) is 5.67. The number of rotatable bonds is 5. The van der Waals surface area contributed by atoms with Crippen molar-refractivity contribution in [3.8, 4) is 5.13 Å². The first-order valence-corrected chi connectivity index (χ1v) is 12.1. The first kappa shape index (κ1) is 21.6. The quantitative estimate of drug-likeness (QED) is 0.402. The Balaban J connectivity index is 1.65. The van der Waals surface area contributed by atoms with Gasteiger partial charge in [-0.3, -0.25) is 9.55 Å². The lowest BCUT2D eigenvalue weighted by molar-refractivity contribution is 0.565. The first-order chi connectivity index (χ1) is 16.0. The Morgan fingerprint density at radius 1 is 1.03 bits per heavy atom. The summed E-state index contributed by atoms with van der Waals surface area (Å²) in [5, 5.41) is 7.24. The molecule has 4 heterocycles. The monoisotopic (exact) mass is 474 g/mol. The highest BCUT2D eigenvalue weighted by Crippen LogP contribution is 2.44. The van der Waals surface area contributed by atoms with Gasteiger partial charge in [-0.15, -0.1) is 11.3 Å². The van der Waals surface area contributed by atoms with Gasteiger partial charge < -0.3 is 15.1 Å². The van der Waals surface area contributed by atoms with Crippen LogP contribution in [0.25, 0.3) is 5.13 Å². The van der Waals surface area contributed by atoms with Crippen LogP contribution in [0, 0.1) is 13.8 Å². The molecule has 0 bridgehead atoms. The van der Waals surface area contributed by atoms with Crippen molar-refractivity contribution in [1.82, 2.24) is 19.9 Å². The summed E-state index contributed by atoms with van der Waals surface area (Å²) in [4.78, 5) is 13.5. The topological polar surface area (TPSA) is 49.2 Å². The Labute approximate surface area is 203 Å². The predicted molar refractivity (Wildman–Crippen MR) is 140 cm³/mol. The Morgan fingerprint density at radius 2 is 1.82 bits per heavy atom. The minimum atomic E-state index is -0.0718. The van der Waals surface area contributed by atoms with Gasteiger partial charge >= 0.3 is 0 Å². The second-order valence-electron chi connectivity index (χ2n) is 8.38. The Morgan fingerprint density at radius 3 is 2.45 bits per heavy atom. The number of benzene rings is 1. The van der Waals surface area contributed by atoms with Crippen molar-refractivity contribution in [3.63, 3.8) is 0 Å². The van der Waals surface area contributed by atoms with Gasteiger partial charge in [-0.1, -0.05) is 6.07 Å². The average Bonchev–Trinajstić information content (AvgIpc) is 3.52. The van der Waals surface area contributed by atoms with Crippen molar-refractivity contribution in [2.24, 2.45) is 0 Å². The lowest BCUT2D eigenvalue weighted by Gasteiger charge is -2.28. The molecule has 3 aromatic heterocycles. The number of nitrogens with zero attached hydrogens (tertiary/aromatic N) is 5. The molecule has 0 aliphatic carbocycles. The highest BCUT2D eigenvalue weighted by Gasteiger charge is 2.42. The van der Waals surface area contributed by atoms with Crippen LogP contribution in [0.2, 0.25) is 0 Å². The van der Waals surface area contributed by atoms with Crippen LogP contribution in [0.4, 0.5) is 11.4 Å². The van der Waals surface area contributed by atoms with Gasteiger partial charge in [0.05, 0.1) is 17.8 Å². The molecule has 4 aromatic rings. The largest absolute Gasteiger partial charge is 0.378 e. The van der Waals surface area contributed by atoms with Gasteiger partial charge in [-0.25, -0.2) is 4.98 Å². The molecule has 1 aliphatic rings. The smallest absolute Gasteiger partial charge is 0.193 e. The van der Waals surface area contributed by atoms with E-state index in [1.165, 1.54) is 5.56 Å². The third kappa shape index (κ3) is 3.79. The number of aryl methyl sites for hydroxylation is 1. The molecule has 1 N–H and O–H groups in total.